The third-order valence-electron chi connectivity index (χ3n) is 11.9. The molecule has 13 rings (SSSR count). The van der Waals surface area contributed by atoms with E-state index in [1.165, 1.54) is 10.8 Å². The Hall–Kier alpha value is -7.83. The van der Waals surface area contributed by atoms with Crippen molar-refractivity contribution in [1.82, 2.24) is 28.3 Å². The van der Waals surface area contributed by atoms with Gasteiger partial charge in [0.25, 0.3) is 0 Å². The van der Waals surface area contributed by atoms with Crippen molar-refractivity contribution in [3.05, 3.63) is 182 Å². The number of hydrogen-bond acceptors (Lipinski definition) is 3. The third kappa shape index (κ3) is 4.10. The van der Waals surface area contributed by atoms with Gasteiger partial charge < -0.3 is 4.40 Å². The number of para-hydroxylation sites is 7. The van der Waals surface area contributed by atoms with Gasteiger partial charge in [0.15, 0.2) is 5.65 Å². The molecule has 0 fully saturated rings. The fourth-order valence-corrected chi connectivity index (χ4v) is 9.55. The number of benzene rings is 8. The van der Waals surface area contributed by atoms with Crippen LogP contribution in [-0.4, -0.2) is 28.3 Å². The van der Waals surface area contributed by atoms with E-state index in [0.717, 1.165) is 87.1 Å². The molecule has 0 radical (unpaired) electrons. The number of hydrogen-bond donors (Lipinski definition) is 0. The maximum absolute atomic E-state index is 5.51. The molecule has 13 aromatic rings. The summed E-state index contributed by atoms with van der Waals surface area (Å²) in [4.78, 5) is 16.5. The summed E-state index contributed by atoms with van der Waals surface area (Å²) >= 11 is 0. The molecule has 0 unspecified atom stereocenters. The Kier molecular flexibility index (Phi) is 6.07. The highest BCUT2D eigenvalue weighted by Gasteiger charge is 2.19. The molecule has 0 atom stereocenters. The van der Waals surface area contributed by atoms with Crippen LogP contribution in [0.25, 0.3) is 115 Å². The monoisotopic (exact) mass is 726 g/mol. The van der Waals surface area contributed by atoms with Gasteiger partial charge >= 0.3 is 0 Å². The molecule has 0 N–H and O–H groups in total. The third-order valence-corrected chi connectivity index (χ3v) is 11.9. The molecular formula is C51H30N6. The fraction of sp³-hybridized carbons (Fsp3) is 0. The molecule has 0 saturated heterocycles. The summed E-state index contributed by atoms with van der Waals surface area (Å²) in [6.45, 7) is 0. The molecule has 2 bridgehead atoms. The summed E-state index contributed by atoms with van der Waals surface area (Å²) in [7, 11) is 0. The van der Waals surface area contributed by atoms with Gasteiger partial charge in [-0.05, 0) is 47.2 Å². The Morgan fingerprint density at radius 2 is 0.614 bits per heavy atom. The van der Waals surface area contributed by atoms with Crippen LogP contribution in [0.3, 0.4) is 0 Å². The molecule has 264 valence electrons. The quantitative estimate of drug-likeness (QED) is 0.169. The van der Waals surface area contributed by atoms with E-state index in [9.17, 15) is 0 Å². The van der Waals surface area contributed by atoms with Crippen LogP contribution in [0.2, 0.25) is 0 Å². The van der Waals surface area contributed by atoms with Crippen LogP contribution in [0.5, 0.6) is 0 Å². The average molecular weight is 727 g/mol. The fourth-order valence-electron chi connectivity index (χ4n) is 9.55. The Bertz CT molecular complexity index is 3890. The maximum Gasteiger partial charge on any atom is 0.240 e. The topological polar surface area (TPSA) is 52.4 Å². The molecule has 5 aromatic heterocycles. The summed E-state index contributed by atoms with van der Waals surface area (Å²) < 4.78 is 6.88. The van der Waals surface area contributed by atoms with Crippen LogP contribution in [-0.2, 0) is 0 Å². The van der Waals surface area contributed by atoms with Crippen molar-refractivity contribution in [3.8, 4) is 5.95 Å². The smallest absolute Gasteiger partial charge is 0.240 e. The molecule has 0 aliphatic heterocycles. The van der Waals surface area contributed by atoms with Gasteiger partial charge in [-0.3, -0.25) is 8.97 Å². The second-order valence-electron chi connectivity index (χ2n) is 14.8. The van der Waals surface area contributed by atoms with E-state index in [-0.39, 0.29) is 0 Å². The molecule has 6 heteroatoms. The molecule has 5 heterocycles. The lowest BCUT2D eigenvalue weighted by molar-refractivity contribution is 0.979. The van der Waals surface area contributed by atoms with E-state index in [2.05, 4.69) is 195 Å². The maximum atomic E-state index is 5.51. The first-order valence-electron chi connectivity index (χ1n) is 19.3. The SMILES string of the molecule is c1ccc2c(c1)c1cccc3c4ccccc4n(c4nc(-n5c6ccccc6c6ccccc65)nc(n4)c4ccccc4n4c5ccccc5c5cccc2c54)c13. The minimum atomic E-state index is 0.557. The first-order chi connectivity index (χ1) is 28.3. The van der Waals surface area contributed by atoms with Crippen molar-refractivity contribution in [2.45, 2.75) is 0 Å². The minimum Gasteiger partial charge on any atom is -0.308 e. The van der Waals surface area contributed by atoms with Gasteiger partial charge in [-0.25, -0.2) is 0 Å². The first-order valence-corrected chi connectivity index (χ1v) is 19.3. The predicted octanol–water partition coefficient (Wildman–Crippen LogP) is 12.7. The molecule has 6 nitrogen and oxygen atoms in total. The largest absolute Gasteiger partial charge is 0.308 e. The highest BCUT2D eigenvalue weighted by Crippen LogP contribution is 2.39. The molecular weight excluding hydrogens is 697 g/mol. The van der Waals surface area contributed by atoms with Gasteiger partial charge in [-0.2, -0.15) is 15.0 Å². The van der Waals surface area contributed by atoms with Crippen molar-refractivity contribution in [3.63, 3.8) is 0 Å². The van der Waals surface area contributed by atoms with Crippen LogP contribution in [0.4, 0.5) is 0 Å². The lowest BCUT2D eigenvalue weighted by Gasteiger charge is -2.08. The summed E-state index contributed by atoms with van der Waals surface area (Å²) in [6, 6.07) is 65.1. The van der Waals surface area contributed by atoms with Crippen molar-refractivity contribution in [1.29, 1.82) is 0 Å². The summed E-state index contributed by atoms with van der Waals surface area (Å²) in [6.07, 6.45) is 0. The van der Waals surface area contributed by atoms with Gasteiger partial charge in [-0.1, -0.05) is 146 Å². The standard InChI is InChI=1S/C51H30N6/c1-2-16-32-31(15-1)37-22-13-24-39-35-19-5-8-26-42(35)55(47(37)39)46-30-12-7-21-41(46)49-52-50(56-43-27-9-3-17-33(43)34-18-4-10-28-44(34)56)54-51(53-49)57-45-29-11-6-20-36(45)40-25-14-23-38(32)48(40)57/h1-30H. The van der Waals surface area contributed by atoms with Crippen LogP contribution in [0, 0.1) is 0 Å². The van der Waals surface area contributed by atoms with E-state index in [1.54, 1.807) is 0 Å². The molecule has 8 aromatic carbocycles. The van der Waals surface area contributed by atoms with E-state index in [0.29, 0.717) is 17.4 Å². The normalized spacial score (nSPS) is 12.2. The van der Waals surface area contributed by atoms with Crippen molar-refractivity contribution in [2.75, 3.05) is 0 Å². The number of aromatic nitrogens is 6. The van der Waals surface area contributed by atoms with Gasteiger partial charge in [-0.15, -0.1) is 0 Å². The zero-order valence-corrected chi connectivity index (χ0v) is 30.5. The lowest BCUT2D eigenvalue weighted by Crippen LogP contribution is -2.05. The Morgan fingerprint density at radius 3 is 1.14 bits per heavy atom. The molecule has 0 spiro atoms. The second-order valence-corrected chi connectivity index (χ2v) is 14.8. The second kappa shape index (κ2) is 11.4. The van der Waals surface area contributed by atoms with Crippen LogP contribution < -0.4 is 0 Å². The van der Waals surface area contributed by atoms with Crippen molar-refractivity contribution in [2.24, 2.45) is 0 Å². The zero-order valence-electron chi connectivity index (χ0n) is 30.5. The average Bonchev–Trinajstić information content (AvgIpc) is 3.92. The van der Waals surface area contributed by atoms with Gasteiger partial charge in [0.1, 0.15) is 0 Å². The summed E-state index contributed by atoms with van der Waals surface area (Å²) in [5.41, 5.74) is 8.02. The Labute approximate surface area is 324 Å². The number of nitrogens with zero attached hydrogens (tertiary/aromatic N) is 6. The molecule has 57 heavy (non-hydrogen) atoms. The molecule has 0 saturated carbocycles. The minimum absolute atomic E-state index is 0.557. The highest BCUT2D eigenvalue weighted by atomic mass is 15.2. The van der Waals surface area contributed by atoms with Gasteiger partial charge in [0, 0.05) is 48.5 Å². The zero-order chi connectivity index (χ0) is 37.2. The van der Waals surface area contributed by atoms with E-state index < -0.39 is 0 Å². The molecule has 0 aliphatic carbocycles. The van der Waals surface area contributed by atoms with E-state index in [1.807, 2.05) is 0 Å². The Balaban J connectivity index is 1.41. The first kappa shape index (κ1) is 30.5. The lowest BCUT2D eigenvalue weighted by atomic mass is 10.0. The van der Waals surface area contributed by atoms with E-state index in [4.69, 9.17) is 15.0 Å². The molecule has 0 amide bonds. The summed E-state index contributed by atoms with van der Waals surface area (Å²) in [5.74, 6) is 1.12. The number of rotatable bonds is 1. The van der Waals surface area contributed by atoms with Crippen molar-refractivity contribution < 1.29 is 0 Å². The van der Waals surface area contributed by atoms with Crippen molar-refractivity contribution >= 4 is 109 Å². The highest BCUT2D eigenvalue weighted by molar-refractivity contribution is 6.25. The van der Waals surface area contributed by atoms with Crippen LogP contribution in [0.15, 0.2) is 182 Å². The predicted molar refractivity (Wildman–Crippen MR) is 236 cm³/mol. The van der Waals surface area contributed by atoms with E-state index >= 15 is 0 Å². The van der Waals surface area contributed by atoms with Crippen LogP contribution in [0.1, 0.15) is 0 Å². The van der Waals surface area contributed by atoms with Crippen LogP contribution >= 0.6 is 0 Å². The van der Waals surface area contributed by atoms with Gasteiger partial charge in [0.05, 0.1) is 38.6 Å². The summed E-state index contributed by atoms with van der Waals surface area (Å²) in [5, 5.41) is 12.4. The molecule has 0 aliphatic rings. The van der Waals surface area contributed by atoms with Gasteiger partial charge in [0.2, 0.25) is 11.7 Å². The Morgan fingerprint density at radius 1 is 0.263 bits per heavy atom. The number of fused-ring (bicyclic) bond motifs is 18.